The summed E-state index contributed by atoms with van der Waals surface area (Å²) in [5, 5.41) is 8.23. The molecule has 0 atom stereocenters. The van der Waals surface area contributed by atoms with Gasteiger partial charge >= 0.3 is 0 Å². The molecule has 1 aliphatic heterocycles. The molecule has 0 fully saturated rings. The average Bonchev–Trinajstić information content (AvgIpc) is 3.09. The van der Waals surface area contributed by atoms with Crippen LogP contribution in [-0.2, 0) is 13.0 Å². The highest BCUT2D eigenvalue weighted by atomic mass is 35.5. The maximum Gasteiger partial charge on any atom is 0.151 e. The molecule has 0 aliphatic carbocycles. The fourth-order valence-electron chi connectivity index (χ4n) is 2.90. The molecule has 3 heterocycles. The second kappa shape index (κ2) is 5.38. The summed E-state index contributed by atoms with van der Waals surface area (Å²) in [6, 6.07) is 6.83. The number of benzene rings is 1. The molecule has 0 unspecified atom stereocenters. The summed E-state index contributed by atoms with van der Waals surface area (Å²) in [6.07, 6.45) is 1.79. The molecular weight excluding hydrogens is 322 g/mol. The van der Waals surface area contributed by atoms with Gasteiger partial charge < -0.3 is 4.57 Å². The van der Waals surface area contributed by atoms with Crippen LogP contribution >= 0.6 is 11.6 Å². The van der Waals surface area contributed by atoms with Crippen LogP contribution in [0, 0.1) is 11.6 Å². The van der Waals surface area contributed by atoms with Crippen LogP contribution in [0.5, 0.6) is 0 Å². The van der Waals surface area contributed by atoms with Gasteiger partial charge in [-0.3, -0.25) is 0 Å². The van der Waals surface area contributed by atoms with E-state index in [1.807, 2.05) is 4.57 Å². The Kier molecular flexibility index (Phi) is 3.34. The molecule has 0 bridgehead atoms. The number of rotatable bonds is 2. The normalized spacial score (nSPS) is 13.3. The lowest BCUT2D eigenvalue weighted by Crippen LogP contribution is -1.99. The maximum atomic E-state index is 14.2. The Hall–Kier alpha value is -2.34. The molecule has 0 saturated heterocycles. The van der Waals surface area contributed by atoms with E-state index in [-0.39, 0.29) is 10.7 Å². The van der Waals surface area contributed by atoms with E-state index in [2.05, 4.69) is 15.2 Å². The predicted octanol–water partition coefficient (Wildman–Crippen LogP) is 3.88. The number of imidazole rings is 1. The Bertz CT molecular complexity index is 890. The summed E-state index contributed by atoms with van der Waals surface area (Å²) in [6.45, 7) is 0.783. The number of halogens is 3. The quantitative estimate of drug-likeness (QED) is 0.715. The third kappa shape index (κ3) is 2.39. The lowest BCUT2D eigenvalue weighted by molar-refractivity contribution is 0.585. The lowest BCUT2D eigenvalue weighted by atomic mass is 10.1. The van der Waals surface area contributed by atoms with Crippen molar-refractivity contribution in [2.45, 2.75) is 19.4 Å². The molecule has 0 amide bonds. The molecule has 2 aromatic heterocycles. The van der Waals surface area contributed by atoms with Crippen LogP contribution in [0.2, 0.25) is 5.15 Å². The first kappa shape index (κ1) is 14.3. The van der Waals surface area contributed by atoms with Gasteiger partial charge in [0.15, 0.2) is 5.15 Å². The van der Waals surface area contributed by atoms with E-state index in [1.54, 1.807) is 12.1 Å². The summed E-state index contributed by atoms with van der Waals surface area (Å²) in [4.78, 5) is 4.55. The smallest absolute Gasteiger partial charge is 0.151 e. The van der Waals surface area contributed by atoms with Gasteiger partial charge in [-0.2, -0.15) is 0 Å². The minimum absolute atomic E-state index is 0.250. The zero-order chi connectivity index (χ0) is 16.0. The Morgan fingerprint density at radius 1 is 1.09 bits per heavy atom. The van der Waals surface area contributed by atoms with Crippen molar-refractivity contribution >= 4 is 11.6 Å². The van der Waals surface area contributed by atoms with Gasteiger partial charge in [-0.25, -0.2) is 13.8 Å². The van der Waals surface area contributed by atoms with Crippen molar-refractivity contribution in [1.29, 1.82) is 0 Å². The van der Waals surface area contributed by atoms with Crippen LogP contribution in [0.15, 0.2) is 30.3 Å². The lowest BCUT2D eigenvalue weighted by Gasteiger charge is -2.08. The number of aromatic nitrogens is 4. The molecule has 4 nitrogen and oxygen atoms in total. The van der Waals surface area contributed by atoms with Gasteiger partial charge in [-0.05, 0) is 30.7 Å². The van der Waals surface area contributed by atoms with E-state index >= 15 is 0 Å². The van der Waals surface area contributed by atoms with Crippen LogP contribution in [0.1, 0.15) is 12.2 Å². The molecule has 0 saturated carbocycles. The third-order valence-electron chi connectivity index (χ3n) is 3.89. The van der Waals surface area contributed by atoms with Gasteiger partial charge in [0, 0.05) is 24.6 Å². The van der Waals surface area contributed by atoms with E-state index in [9.17, 15) is 8.78 Å². The first-order valence-corrected chi connectivity index (χ1v) is 7.56. The van der Waals surface area contributed by atoms with Crippen molar-refractivity contribution in [2.24, 2.45) is 0 Å². The highest BCUT2D eigenvalue weighted by Gasteiger charge is 2.25. The summed E-state index contributed by atoms with van der Waals surface area (Å²) in [7, 11) is 0. The standard InChI is InChI=1S/C16H11ClF2N4/c17-13-6-5-12(21-22-13)16-15(20-14-2-1-7-23(14)16)10-4-3-9(18)8-11(10)19/h3-6,8H,1-2,7H2. The molecule has 116 valence electrons. The Morgan fingerprint density at radius 2 is 1.96 bits per heavy atom. The minimum atomic E-state index is -0.648. The molecule has 0 spiro atoms. The second-order valence-corrected chi connectivity index (χ2v) is 5.73. The molecule has 0 radical (unpaired) electrons. The Labute approximate surface area is 135 Å². The molecule has 1 aromatic carbocycles. The average molecular weight is 333 g/mol. The molecule has 0 N–H and O–H groups in total. The van der Waals surface area contributed by atoms with Crippen molar-refractivity contribution in [3.05, 3.63) is 52.9 Å². The monoisotopic (exact) mass is 332 g/mol. The van der Waals surface area contributed by atoms with Crippen LogP contribution < -0.4 is 0 Å². The van der Waals surface area contributed by atoms with Gasteiger partial charge in [-0.15, -0.1) is 10.2 Å². The van der Waals surface area contributed by atoms with Gasteiger partial charge in [0.1, 0.15) is 28.8 Å². The van der Waals surface area contributed by atoms with Gasteiger partial charge in [0.05, 0.1) is 5.69 Å². The first-order valence-electron chi connectivity index (χ1n) is 7.18. The molecule has 4 rings (SSSR count). The highest BCUT2D eigenvalue weighted by molar-refractivity contribution is 6.29. The summed E-state index contributed by atoms with van der Waals surface area (Å²) in [5.74, 6) is -0.397. The summed E-state index contributed by atoms with van der Waals surface area (Å²) < 4.78 is 29.4. The number of nitrogens with zero attached hydrogens (tertiary/aromatic N) is 4. The number of hydrogen-bond donors (Lipinski definition) is 0. The fraction of sp³-hybridized carbons (Fsp3) is 0.188. The Balaban J connectivity index is 1.95. The van der Waals surface area contributed by atoms with Crippen molar-refractivity contribution < 1.29 is 8.78 Å². The minimum Gasteiger partial charge on any atom is -0.326 e. The second-order valence-electron chi connectivity index (χ2n) is 5.35. The molecule has 7 heteroatoms. The number of fused-ring (bicyclic) bond motifs is 1. The highest BCUT2D eigenvalue weighted by Crippen LogP contribution is 2.35. The molecule has 3 aromatic rings. The fourth-order valence-corrected chi connectivity index (χ4v) is 3.00. The predicted molar refractivity (Wildman–Crippen MR) is 81.9 cm³/mol. The van der Waals surface area contributed by atoms with Crippen LogP contribution in [0.25, 0.3) is 22.6 Å². The van der Waals surface area contributed by atoms with Gasteiger partial charge in [0.25, 0.3) is 0 Å². The van der Waals surface area contributed by atoms with E-state index in [0.29, 0.717) is 17.1 Å². The van der Waals surface area contributed by atoms with Crippen LogP contribution in [0.3, 0.4) is 0 Å². The first-order chi connectivity index (χ1) is 11.1. The van der Waals surface area contributed by atoms with E-state index in [4.69, 9.17) is 11.6 Å². The number of hydrogen-bond acceptors (Lipinski definition) is 3. The summed E-state index contributed by atoms with van der Waals surface area (Å²) in [5.41, 5.74) is 1.95. The number of aryl methyl sites for hydroxylation is 1. The molecule has 23 heavy (non-hydrogen) atoms. The molecule has 1 aliphatic rings. The Morgan fingerprint density at radius 3 is 2.70 bits per heavy atom. The van der Waals surface area contributed by atoms with Crippen molar-refractivity contribution in [3.63, 3.8) is 0 Å². The largest absolute Gasteiger partial charge is 0.326 e. The van der Waals surface area contributed by atoms with Gasteiger partial charge in [-0.1, -0.05) is 11.6 Å². The van der Waals surface area contributed by atoms with Crippen molar-refractivity contribution in [1.82, 2.24) is 19.7 Å². The van der Waals surface area contributed by atoms with Crippen molar-refractivity contribution in [2.75, 3.05) is 0 Å². The van der Waals surface area contributed by atoms with E-state index in [1.165, 1.54) is 12.1 Å². The third-order valence-corrected chi connectivity index (χ3v) is 4.09. The summed E-state index contributed by atoms with van der Waals surface area (Å²) >= 11 is 5.79. The van der Waals surface area contributed by atoms with Crippen molar-refractivity contribution in [3.8, 4) is 22.6 Å². The van der Waals surface area contributed by atoms with Gasteiger partial charge in [0.2, 0.25) is 0 Å². The topological polar surface area (TPSA) is 43.6 Å². The zero-order valence-electron chi connectivity index (χ0n) is 11.9. The van der Waals surface area contributed by atoms with E-state index in [0.717, 1.165) is 31.3 Å². The SMILES string of the molecule is Fc1ccc(-c2nc3n(c2-c2ccc(Cl)nn2)CCC3)c(F)c1. The molecular formula is C16H11ClF2N4. The maximum absolute atomic E-state index is 14.2. The zero-order valence-corrected chi connectivity index (χ0v) is 12.7. The van der Waals surface area contributed by atoms with Crippen LogP contribution in [0.4, 0.5) is 8.78 Å². The van der Waals surface area contributed by atoms with Crippen LogP contribution in [-0.4, -0.2) is 19.7 Å². The van der Waals surface area contributed by atoms with E-state index < -0.39 is 11.6 Å².